The van der Waals surface area contributed by atoms with Gasteiger partial charge in [0.1, 0.15) is 5.76 Å². The van der Waals surface area contributed by atoms with Crippen molar-refractivity contribution >= 4 is 0 Å². The maximum atomic E-state index is 6.21. The molecule has 1 saturated heterocycles. The van der Waals surface area contributed by atoms with Crippen LogP contribution in [0.25, 0.3) is 0 Å². The van der Waals surface area contributed by atoms with Crippen molar-refractivity contribution in [3.63, 3.8) is 0 Å². The van der Waals surface area contributed by atoms with Crippen molar-refractivity contribution in [3.8, 4) is 0 Å². The zero-order valence-electron chi connectivity index (χ0n) is 13.3. The van der Waals surface area contributed by atoms with Gasteiger partial charge >= 0.3 is 0 Å². The van der Waals surface area contributed by atoms with Crippen molar-refractivity contribution in [1.82, 2.24) is 10.2 Å². The van der Waals surface area contributed by atoms with Crippen LogP contribution in [-0.4, -0.2) is 24.2 Å². The lowest BCUT2D eigenvalue weighted by Gasteiger charge is -2.34. The summed E-state index contributed by atoms with van der Waals surface area (Å²) >= 11 is 0. The highest BCUT2D eigenvalue weighted by Gasteiger charge is 2.34. The fourth-order valence-electron chi connectivity index (χ4n) is 3.98. The van der Waals surface area contributed by atoms with E-state index in [0.29, 0.717) is 5.92 Å². The van der Waals surface area contributed by atoms with E-state index in [-0.39, 0.29) is 6.23 Å². The summed E-state index contributed by atoms with van der Waals surface area (Å²) in [7, 11) is 0. The Morgan fingerprint density at radius 1 is 1.05 bits per heavy atom. The third-order valence-corrected chi connectivity index (χ3v) is 5.31. The number of allylic oxidation sites excluding steroid dienone is 2. The number of piperidine rings is 1. The molecule has 1 atom stereocenters. The SMILES string of the molecule is c1ccc(CN2CCC(C3NC4=C(CCCC4)O3)CC2)cc1. The van der Waals surface area contributed by atoms with Crippen LogP contribution in [0.5, 0.6) is 0 Å². The van der Waals surface area contributed by atoms with Crippen LogP contribution in [0.3, 0.4) is 0 Å². The molecule has 1 aromatic rings. The van der Waals surface area contributed by atoms with E-state index in [0.717, 1.165) is 13.0 Å². The minimum Gasteiger partial charge on any atom is -0.473 e. The largest absolute Gasteiger partial charge is 0.473 e. The molecule has 0 bridgehead atoms. The van der Waals surface area contributed by atoms with E-state index in [1.54, 1.807) is 0 Å². The second kappa shape index (κ2) is 6.33. The summed E-state index contributed by atoms with van der Waals surface area (Å²) in [6, 6.07) is 10.8. The lowest BCUT2D eigenvalue weighted by atomic mass is 9.94. The van der Waals surface area contributed by atoms with Gasteiger partial charge in [-0.15, -0.1) is 0 Å². The number of rotatable bonds is 3. The van der Waals surface area contributed by atoms with Gasteiger partial charge in [-0.1, -0.05) is 30.3 Å². The van der Waals surface area contributed by atoms with Crippen molar-refractivity contribution in [2.75, 3.05) is 13.1 Å². The standard InChI is InChI=1S/C19H26N2O/c1-2-6-15(7-3-1)14-21-12-10-16(11-13-21)19-20-17-8-4-5-9-18(17)22-19/h1-3,6-7,16,19-20H,4-5,8-14H2. The van der Waals surface area contributed by atoms with E-state index in [2.05, 4.69) is 40.5 Å². The molecule has 3 heteroatoms. The lowest BCUT2D eigenvalue weighted by molar-refractivity contribution is 0.0317. The van der Waals surface area contributed by atoms with Gasteiger partial charge in [0.25, 0.3) is 0 Å². The van der Waals surface area contributed by atoms with E-state index in [9.17, 15) is 0 Å². The van der Waals surface area contributed by atoms with Gasteiger partial charge in [0.15, 0.2) is 6.23 Å². The number of nitrogens with zero attached hydrogens (tertiary/aromatic N) is 1. The first kappa shape index (κ1) is 14.1. The maximum Gasteiger partial charge on any atom is 0.172 e. The fraction of sp³-hybridized carbons (Fsp3) is 0.579. The van der Waals surface area contributed by atoms with E-state index in [4.69, 9.17) is 4.74 Å². The van der Waals surface area contributed by atoms with Gasteiger partial charge in [0.05, 0.1) is 5.70 Å². The molecule has 1 fully saturated rings. The summed E-state index contributed by atoms with van der Waals surface area (Å²) in [6.07, 6.45) is 7.68. The molecule has 3 aliphatic rings. The van der Waals surface area contributed by atoms with Crippen molar-refractivity contribution < 1.29 is 4.74 Å². The summed E-state index contributed by atoms with van der Waals surface area (Å²) in [6.45, 7) is 3.46. The van der Waals surface area contributed by atoms with Crippen LogP contribution < -0.4 is 5.32 Å². The Bertz CT molecular complexity index is 514. The number of ether oxygens (including phenoxy) is 1. The van der Waals surface area contributed by atoms with Gasteiger partial charge in [-0.3, -0.25) is 4.90 Å². The number of hydrogen-bond acceptors (Lipinski definition) is 3. The van der Waals surface area contributed by atoms with Crippen LogP contribution in [0.4, 0.5) is 0 Å². The summed E-state index contributed by atoms with van der Waals surface area (Å²) < 4.78 is 6.21. The van der Waals surface area contributed by atoms with Gasteiger partial charge in [0.2, 0.25) is 0 Å². The molecule has 2 heterocycles. The second-order valence-corrected chi connectivity index (χ2v) is 6.89. The minimum absolute atomic E-state index is 0.252. The highest BCUT2D eigenvalue weighted by atomic mass is 16.5. The Labute approximate surface area is 133 Å². The highest BCUT2D eigenvalue weighted by molar-refractivity contribution is 5.16. The molecule has 0 saturated carbocycles. The zero-order chi connectivity index (χ0) is 14.8. The Hall–Kier alpha value is -1.48. The quantitative estimate of drug-likeness (QED) is 0.922. The van der Waals surface area contributed by atoms with E-state index in [1.165, 1.54) is 62.2 Å². The Morgan fingerprint density at radius 3 is 2.59 bits per heavy atom. The molecule has 1 aliphatic carbocycles. The monoisotopic (exact) mass is 298 g/mol. The normalized spacial score (nSPS) is 26.5. The summed E-state index contributed by atoms with van der Waals surface area (Å²) in [5, 5.41) is 3.67. The first-order chi connectivity index (χ1) is 10.9. The molecule has 1 unspecified atom stereocenters. The molecule has 118 valence electrons. The summed E-state index contributed by atoms with van der Waals surface area (Å²) in [5.41, 5.74) is 2.83. The van der Waals surface area contributed by atoms with Crippen LogP contribution in [0.2, 0.25) is 0 Å². The third-order valence-electron chi connectivity index (χ3n) is 5.31. The Kier molecular flexibility index (Phi) is 4.07. The average Bonchev–Trinajstić information content (AvgIpc) is 3.00. The number of benzene rings is 1. The van der Waals surface area contributed by atoms with Crippen LogP contribution in [0.1, 0.15) is 44.1 Å². The van der Waals surface area contributed by atoms with E-state index >= 15 is 0 Å². The molecule has 0 spiro atoms. The van der Waals surface area contributed by atoms with E-state index < -0.39 is 0 Å². The van der Waals surface area contributed by atoms with Crippen LogP contribution in [-0.2, 0) is 11.3 Å². The van der Waals surface area contributed by atoms with Gasteiger partial charge in [-0.2, -0.15) is 0 Å². The maximum absolute atomic E-state index is 6.21. The smallest absolute Gasteiger partial charge is 0.172 e. The van der Waals surface area contributed by atoms with Gasteiger partial charge in [-0.05, 0) is 50.8 Å². The van der Waals surface area contributed by atoms with E-state index in [1.807, 2.05) is 0 Å². The predicted octanol–water partition coefficient (Wildman–Crippen LogP) is 3.63. The third kappa shape index (κ3) is 3.00. The van der Waals surface area contributed by atoms with Crippen molar-refractivity contribution in [3.05, 3.63) is 47.4 Å². The predicted molar refractivity (Wildman–Crippen MR) is 87.9 cm³/mol. The van der Waals surface area contributed by atoms with Crippen molar-refractivity contribution in [2.24, 2.45) is 5.92 Å². The molecule has 3 nitrogen and oxygen atoms in total. The molecular weight excluding hydrogens is 272 g/mol. The molecule has 0 radical (unpaired) electrons. The minimum atomic E-state index is 0.252. The molecule has 4 rings (SSSR count). The number of nitrogens with one attached hydrogen (secondary N) is 1. The average molecular weight is 298 g/mol. The first-order valence-corrected chi connectivity index (χ1v) is 8.80. The topological polar surface area (TPSA) is 24.5 Å². The van der Waals surface area contributed by atoms with Gasteiger partial charge in [-0.25, -0.2) is 0 Å². The summed E-state index contributed by atoms with van der Waals surface area (Å²) in [4.78, 5) is 2.58. The van der Waals surface area contributed by atoms with Crippen molar-refractivity contribution in [1.29, 1.82) is 0 Å². The highest BCUT2D eigenvalue weighted by Crippen LogP contribution is 2.34. The Morgan fingerprint density at radius 2 is 1.82 bits per heavy atom. The lowest BCUT2D eigenvalue weighted by Crippen LogP contribution is -2.41. The molecular formula is C19H26N2O. The Balaban J connectivity index is 1.28. The van der Waals surface area contributed by atoms with Gasteiger partial charge in [0, 0.05) is 18.9 Å². The molecule has 22 heavy (non-hydrogen) atoms. The van der Waals surface area contributed by atoms with Crippen LogP contribution in [0.15, 0.2) is 41.8 Å². The van der Waals surface area contributed by atoms with Crippen molar-refractivity contribution in [2.45, 2.75) is 51.3 Å². The molecule has 1 N–H and O–H groups in total. The molecule has 0 aromatic heterocycles. The molecule has 1 aromatic carbocycles. The zero-order valence-corrected chi connectivity index (χ0v) is 13.3. The molecule has 0 amide bonds. The number of likely N-dealkylation sites (tertiary alicyclic amines) is 1. The van der Waals surface area contributed by atoms with Gasteiger partial charge < -0.3 is 10.1 Å². The van der Waals surface area contributed by atoms with Crippen LogP contribution in [0, 0.1) is 5.92 Å². The first-order valence-electron chi connectivity index (χ1n) is 8.80. The second-order valence-electron chi connectivity index (χ2n) is 6.89. The van der Waals surface area contributed by atoms with Crippen LogP contribution >= 0.6 is 0 Å². The fourth-order valence-corrected chi connectivity index (χ4v) is 3.98. The molecule has 2 aliphatic heterocycles. The summed E-state index contributed by atoms with van der Waals surface area (Å²) in [5.74, 6) is 1.93. The number of hydrogen-bond donors (Lipinski definition) is 1.